The molecule has 132 valence electrons. The molecule has 0 aliphatic heterocycles. The molecule has 0 radical (unpaired) electrons. The van der Waals surface area contributed by atoms with Crippen LogP contribution >= 0.6 is 0 Å². The van der Waals surface area contributed by atoms with Crippen LogP contribution in [0.3, 0.4) is 0 Å². The van der Waals surface area contributed by atoms with Crippen LogP contribution in [0.25, 0.3) is 0 Å². The summed E-state index contributed by atoms with van der Waals surface area (Å²) in [5, 5.41) is 10.2. The molecular formula is C19H32O4. The maximum atomic E-state index is 10.2. The summed E-state index contributed by atoms with van der Waals surface area (Å²) in [4.78, 5) is 0. The molecule has 0 aliphatic rings. The van der Waals surface area contributed by atoms with Gasteiger partial charge in [0, 0.05) is 26.9 Å². The first kappa shape index (κ1) is 19.9. The van der Waals surface area contributed by atoms with E-state index in [0.717, 1.165) is 24.8 Å². The molecule has 1 atom stereocenters. The van der Waals surface area contributed by atoms with Crippen LogP contribution in [0, 0.1) is 0 Å². The van der Waals surface area contributed by atoms with E-state index in [2.05, 4.69) is 6.92 Å². The lowest BCUT2D eigenvalue weighted by Crippen LogP contribution is -2.42. The Hall–Kier alpha value is -1.10. The van der Waals surface area contributed by atoms with Gasteiger partial charge in [-0.3, -0.25) is 0 Å². The average molecular weight is 324 g/mol. The van der Waals surface area contributed by atoms with Gasteiger partial charge in [-0.15, -0.1) is 0 Å². The molecule has 0 spiro atoms. The third-order valence-electron chi connectivity index (χ3n) is 4.44. The number of phenols is 1. The first-order valence-electron chi connectivity index (χ1n) is 8.58. The van der Waals surface area contributed by atoms with Crippen molar-refractivity contribution < 1.29 is 19.3 Å². The molecular weight excluding hydrogens is 292 g/mol. The molecule has 1 N–H and O–H groups in total. The normalized spacial score (nSPS) is 13.2. The molecule has 4 nitrogen and oxygen atoms in total. The molecule has 23 heavy (non-hydrogen) atoms. The highest BCUT2D eigenvalue weighted by atomic mass is 16.9. The van der Waals surface area contributed by atoms with Gasteiger partial charge in [-0.1, -0.05) is 63.6 Å². The van der Waals surface area contributed by atoms with Crippen LogP contribution in [0.4, 0.5) is 0 Å². The van der Waals surface area contributed by atoms with E-state index < -0.39 is 5.97 Å². The van der Waals surface area contributed by atoms with Gasteiger partial charge in [-0.25, -0.2) is 0 Å². The van der Waals surface area contributed by atoms with E-state index in [0.29, 0.717) is 0 Å². The third kappa shape index (κ3) is 5.48. The lowest BCUT2D eigenvalue weighted by atomic mass is 9.89. The molecule has 1 aromatic rings. The van der Waals surface area contributed by atoms with E-state index >= 15 is 0 Å². The molecule has 0 aliphatic carbocycles. The lowest BCUT2D eigenvalue weighted by Gasteiger charge is -2.37. The van der Waals surface area contributed by atoms with E-state index in [1.165, 1.54) is 25.7 Å². The van der Waals surface area contributed by atoms with Gasteiger partial charge in [0.2, 0.25) is 0 Å². The summed E-state index contributed by atoms with van der Waals surface area (Å²) in [7, 11) is 4.71. The fourth-order valence-corrected chi connectivity index (χ4v) is 3.11. The van der Waals surface area contributed by atoms with Gasteiger partial charge in [-0.2, -0.15) is 0 Å². The van der Waals surface area contributed by atoms with Crippen LogP contribution in [0.5, 0.6) is 5.75 Å². The number of aromatic hydroxyl groups is 1. The molecule has 0 saturated heterocycles. The van der Waals surface area contributed by atoms with Gasteiger partial charge in [0.05, 0.1) is 5.92 Å². The Bertz CT molecular complexity index is 421. The number of ether oxygens (including phenoxy) is 3. The van der Waals surface area contributed by atoms with E-state index in [1.807, 2.05) is 18.2 Å². The number of phenolic OH excluding ortho intramolecular Hbond substituents is 1. The maximum absolute atomic E-state index is 10.2. The van der Waals surface area contributed by atoms with Crippen molar-refractivity contribution in [3.05, 3.63) is 29.8 Å². The van der Waals surface area contributed by atoms with Crippen molar-refractivity contribution in [3.8, 4) is 5.75 Å². The van der Waals surface area contributed by atoms with E-state index in [4.69, 9.17) is 14.2 Å². The summed E-state index contributed by atoms with van der Waals surface area (Å²) in [6.07, 6.45) is 8.10. The quantitative estimate of drug-likeness (QED) is 0.442. The smallest absolute Gasteiger partial charge is 0.289 e. The SMILES string of the molecule is CCCCCCCCC(c1ccccc1O)C(OC)(OC)OC. The molecule has 1 unspecified atom stereocenters. The van der Waals surface area contributed by atoms with Crippen molar-refractivity contribution in [2.24, 2.45) is 0 Å². The highest BCUT2D eigenvalue weighted by Crippen LogP contribution is 2.40. The number of hydrogen-bond acceptors (Lipinski definition) is 4. The Morgan fingerprint density at radius 1 is 0.913 bits per heavy atom. The fourth-order valence-electron chi connectivity index (χ4n) is 3.11. The molecule has 1 rings (SSSR count). The summed E-state index contributed by atoms with van der Waals surface area (Å²) in [5.41, 5.74) is 0.798. The minimum atomic E-state index is -1.18. The Balaban J connectivity index is 2.83. The van der Waals surface area contributed by atoms with Crippen molar-refractivity contribution in [3.63, 3.8) is 0 Å². The molecule has 4 heteroatoms. The van der Waals surface area contributed by atoms with Gasteiger partial charge in [0.1, 0.15) is 5.75 Å². The molecule has 0 fully saturated rings. The third-order valence-corrected chi connectivity index (χ3v) is 4.44. The minimum Gasteiger partial charge on any atom is -0.508 e. The maximum Gasteiger partial charge on any atom is 0.289 e. The molecule has 0 heterocycles. The van der Waals surface area contributed by atoms with E-state index in [-0.39, 0.29) is 11.7 Å². The van der Waals surface area contributed by atoms with Crippen molar-refractivity contribution in [1.29, 1.82) is 0 Å². The van der Waals surface area contributed by atoms with Crippen LogP contribution < -0.4 is 0 Å². The van der Waals surface area contributed by atoms with Crippen LogP contribution in [-0.4, -0.2) is 32.4 Å². The molecule has 0 saturated carbocycles. The predicted molar refractivity (Wildman–Crippen MR) is 92.6 cm³/mol. The number of hydrogen-bond donors (Lipinski definition) is 1. The molecule has 1 aromatic carbocycles. The van der Waals surface area contributed by atoms with Crippen LogP contribution in [-0.2, 0) is 14.2 Å². The first-order chi connectivity index (χ1) is 11.1. The summed E-state index contributed by atoms with van der Waals surface area (Å²) in [5.74, 6) is -1.11. The van der Waals surface area contributed by atoms with Crippen molar-refractivity contribution in [2.75, 3.05) is 21.3 Å². The summed E-state index contributed by atoms with van der Waals surface area (Å²) in [6, 6.07) is 7.32. The average Bonchev–Trinajstić information content (AvgIpc) is 2.58. The van der Waals surface area contributed by atoms with E-state index in [1.54, 1.807) is 27.4 Å². The monoisotopic (exact) mass is 324 g/mol. The van der Waals surface area contributed by atoms with E-state index in [9.17, 15) is 5.11 Å². The van der Waals surface area contributed by atoms with Gasteiger partial charge in [0.15, 0.2) is 0 Å². The number of unbranched alkanes of at least 4 members (excludes halogenated alkanes) is 5. The molecule has 0 amide bonds. The Labute approximate surface area is 140 Å². The number of methoxy groups -OCH3 is 3. The van der Waals surface area contributed by atoms with Crippen LogP contribution in [0.1, 0.15) is 63.4 Å². The highest BCUT2D eigenvalue weighted by molar-refractivity contribution is 5.35. The molecule has 0 bridgehead atoms. The van der Waals surface area contributed by atoms with Gasteiger partial charge >= 0.3 is 0 Å². The number of benzene rings is 1. The Morgan fingerprint density at radius 3 is 2.04 bits per heavy atom. The van der Waals surface area contributed by atoms with Gasteiger partial charge < -0.3 is 19.3 Å². The van der Waals surface area contributed by atoms with Crippen molar-refractivity contribution >= 4 is 0 Å². The molecule has 0 aromatic heterocycles. The standard InChI is InChI=1S/C19H32O4/c1-5-6-7-8-9-10-14-17(19(21-2,22-3)23-4)16-13-11-12-15-18(16)20/h11-13,15,17,20H,5-10,14H2,1-4H3. The zero-order valence-electron chi connectivity index (χ0n) is 15.0. The first-order valence-corrected chi connectivity index (χ1v) is 8.58. The lowest BCUT2D eigenvalue weighted by molar-refractivity contribution is -0.365. The summed E-state index contributed by atoms with van der Waals surface area (Å²) >= 11 is 0. The number of rotatable bonds is 12. The summed E-state index contributed by atoms with van der Waals surface area (Å²) in [6.45, 7) is 2.22. The summed E-state index contributed by atoms with van der Waals surface area (Å²) < 4.78 is 16.6. The second kappa shape index (κ2) is 10.6. The zero-order valence-corrected chi connectivity index (χ0v) is 15.0. The fraction of sp³-hybridized carbons (Fsp3) is 0.684. The van der Waals surface area contributed by atoms with Gasteiger partial charge in [0.25, 0.3) is 5.97 Å². The second-order valence-corrected chi connectivity index (χ2v) is 5.88. The zero-order chi connectivity index (χ0) is 17.1. The minimum absolute atomic E-state index is 0.185. The van der Waals surface area contributed by atoms with Crippen LogP contribution in [0.15, 0.2) is 24.3 Å². The van der Waals surface area contributed by atoms with Crippen LogP contribution in [0.2, 0.25) is 0 Å². The van der Waals surface area contributed by atoms with Crippen molar-refractivity contribution in [1.82, 2.24) is 0 Å². The Morgan fingerprint density at radius 2 is 1.48 bits per heavy atom. The van der Waals surface area contributed by atoms with Gasteiger partial charge in [-0.05, 0) is 12.5 Å². The highest BCUT2D eigenvalue weighted by Gasteiger charge is 2.41. The predicted octanol–water partition coefficient (Wildman–Crippen LogP) is 4.82. The topological polar surface area (TPSA) is 47.9 Å². The largest absolute Gasteiger partial charge is 0.508 e. The number of para-hydroxylation sites is 1. The Kier molecular flexibility index (Phi) is 9.22. The van der Waals surface area contributed by atoms with Crippen molar-refractivity contribution in [2.45, 2.75) is 63.8 Å². The second-order valence-electron chi connectivity index (χ2n) is 5.88.